The molecule has 0 bridgehead atoms. The van der Waals surface area contributed by atoms with Gasteiger partial charge in [-0.15, -0.1) is 0 Å². The van der Waals surface area contributed by atoms with Gasteiger partial charge in [0, 0.05) is 45.8 Å². The first-order chi connectivity index (χ1) is 11.3. The molecule has 0 radical (unpaired) electrons. The molecule has 1 unspecified atom stereocenters. The lowest BCUT2D eigenvalue weighted by Gasteiger charge is -2.35. The Morgan fingerprint density at radius 1 is 1.09 bits per heavy atom. The minimum atomic E-state index is -0.184. The van der Waals surface area contributed by atoms with E-state index in [1.165, 1.54) is 5.56 Å². The van der Waals surface area contributed by atoms with Crippen molar-refractivity contribution in [3.8, 4) is 11.5 Å². The fourth-order valence-corrected chi connectivity index (χ4v) is 3.09. The van der Waals surface area contributed by atoms with Crippen molar-refractivity contribution in [2.75, 3.05) is 31.1 Å². The maximum Gasteiger partial charge on any atom is 0.238 e. The average molecular weight is 312 g/mol. The van der Waals surface area contributed by atoms with Crippen molar-refractivity contribution in [3.05, 3.63) is 42.4 Å². The van der Waals surface area contributed by atoms with Crippen LogP contribution in [0.2, 0.25) is 0 Å². The van der Waals surface area contributed by atoms with Crippen molar-refractivity contribution in [1.82, 2.24) is 14.9 Å². The van der Waals surface area contributed by atoms with Crippen LogP contribution >= 0.6 is 0 Å². The van der Waals surface area contributed by atoms with Gasteiger partial charge >= 0.3 is 0 Å². The maximum absolute atomic E-state index is 5.65. The van der Waals surface area contributed by atoms with Gasteiger partial charge in [0.15, 0.2) is 11.5 Å². The molecule has 4 rings (SSSR count). The van der Waals surface area contributed by atoms with Crippen LogP contribution in [0, 0.1) is 0 Å². The van der Waals surface area contributed by atoms with Crippen LogP contribution in [0.25, 0.3) is 0 Å². The van der Waals surface area contributed by atoms with Gasteiger partial charge in [-0.05, 0) is 23.8 Å². The number of rotatable bonds is 3. The Labute approximate surface area is 135 Å². The smallest absolute Gasteiger partial charge is 0.238 e. The highest BCUT2D eigenvalue weighted by molar-refractivity contribution is 5.45. The summed E-state index contributed by atoms with van der Waals surface area (Å²) < 4.78 is 11.2. The lowest BCUT2D eigenvalue weighted by molar-refractivity contribution is 0.0678. The molecule has 1 saturated heterocycles. The van der Waals surface area contributed by atoms with Crippen molar-refractivity contribution in [2.45, 2.75) is 19.8 Å². The normalized spacial score (nSPS) is 20.7. The molecule has 120 valence electrons. The van der Waals surface area contributed by atoms with Crippen LogP contribution in [0.4, 0.5) is 5.82 Å². The highest BCUT2D eigenvalue weighted by atomic mass is 16.7. The van der Waals surface area contributed by atoms with E-state index in [1.807, 2.05) is 19.1 Å². The average Bonchev–Trinajstić information content (AvgIpc) is 2.96. The van der Waals surface area contributed by atoms with Gasteiger partial charge in [0.25, 0.3) is 0 Å². The third-order valence-electron chi connectivity index (χ3n) is 4.26. The molecule has 23 heavy (non-hydrogen) atoms. The van der Waals surface area contributed by atoms with E-state index in [0.29, 0.717) is 0 Å². The zero-order valence-electron chi connectivity index (χ0n) is 13.2. The van der Waals surface area contributed by atoms with Crippen LogP contribution < -0.4 is 14.4 Å². The van der Waals surface area contributed by atoms with E-state index in [2.05, 4.69) is 31.9 Å². The summed E-state index contributed by atoms with van der Waals surface area (Å²) >= 11 is 0. The van der Waals surface area contributed by atoms with Gasteiger partial charge in [0.05, 0.1) is 0 Å². The molecule has 1 aromatic heterocycles. The molecule has 0 N–H and O–H groups in total. The summed E-state index contributed by atoms with van der Waals surface area (Å²) in [6.45, 7) is 6.86. The van der Waals surface area contributed by atoms with Crippen LogP contribution in [-0.4, -0.2) is 47.3 Å². The van der Waals surface area contributed by atoms with E-state index in [-0.39, 0.29) is 6.29 Å². The van der Waals surface area contributed by atoms with Gasteiger partial charge in [0.1, 0.15) is 12.1 Å². The third-order valence-corrected chi connectivity index (χ3v) is 4.26. The van der Waals surface area contributed by atoms with Crippen molar-refractivity contribution in [1.29, 1.82) is 0 Å². The molecule has 0 aliphatic carbocycles. The molecule has 6 nitrogen and oxygen atoms in total. The predicted octanol–water partition coefficient (Wildman–Crippen LogP) is 1.92. The number of nitrogens with zero attached hydrogens (tertiary/aromatic N) is 4. The molecule has 1 fully saturated rings. The Morgan fingerprint density at radius 2 is 1.91 bits per heavy atom. The molecular weight excluding hydrogens is 292 g/mol. The molecule has 0 amide bonds. The first kappa shape index (κ1) is 14.3. The third kappa shape index (κ3) is 3.07. The first-order valence-electron chi connectivity index (χ1n) is 7.97. The molecule has 3 heterocycles. The second-order valence-corrected chi connectivity index (χ2v) is 5.92. The largest absolute Gasteiger partial charge is 0.451 e. The molecule has 1 atom stereocenters. The lowest BCUT2D eigenvalue weighted by Crippen LogP contribution is -2.46. The molecular formula is C17H20N4O2. The van der Waals surface area contributed by atoms with E-state index >= 15 is 0 Å². The summed E-state index contributed by atoms with van der Waals surface area (Å²) in [5.41, 5.74) is 1.26. The van der Waals surface area contributed by atoms with Crippen molar-refractivity contribution in [3.63, 3.8) is 0 Å². The highest BCUT2D eigenvalue weighted by Crippen LogP contribution is 2.35. The van der Waals surface area contributed by atoms with Gasteiger partial charge in [0.2, 0.25) is 6.29 Å². The quantitative estimate of drug-likeness (QED) is 0.863. The van der Waals surface area contributed by atoms with Crippen LogP contribution in [0.15, 0.2) is 36.8 Å². The number of benzene rings is 1. The summed E-state index contributed by atoms with van der Waals surface area (Å²) in [5.74, 6) is 2.71. The van der Waals surface area contributed by atoms with Gasteiger partial charge in [-0.2, -0.15) is 0 Å². The Morgan fingerprint density at radius 3 is 2.70 bits per heavy atom. The highest BCUT2D eigenvalue weighted by Gasteiger charge is 2.22. The number of piperazine rings is 1. The minimum absolute atomic E-state index is 0.184. The summed E-state index contributed by atoms with van der Waals surface area (Å²) in [6, 6.07) is 8.19. The topological polar surface area (TPSA) is 50.7 Å². The first-order valence-corrected chi connectivity index (χ1v) is 7.97. The molecule has 0 spiro atoms. The molecule has 1 aromatic carbocycles. The Bertz CT molecular complexity index is 672. The van der Waals surface area contributed by atoms with Crippen LogP contribution in [-0.2, 0) is 6.54 Å². The van der Waals surface area contributed by atoms with E-state index in [1.54, 1.807) is 12.5 Å². The molecule has 0 saturated carbocycles. The van der Waals surface area contributed by atoms with Crippen molar-refractivity contribution < 1.29 is 9.47 Å². The van der Waals surface area contributed by atoms with Crippen LogP contribution in [0.5, 0.6) is 11.5 Å². The summed E-state index contributed by atoms with van der Waals surface area (Å²) in [4.78, 5) is 13.1. The number of hydrogen-bond donors (Lipinski definition) is 0. The van der Waals surface area contributed by atoms with Gasteiger partial charge in [-0.25, -0.2) is 9.97 Å². The second-order valence-electron chi connectivity index (χ2n) is 5.92. The number of aromatic nitrogens is 2. The molecule has 2 aliphatic heterocycles. The summed E-state index contributed by atoms with van der Waals surface area (Å²) in [7, 11) is 0. The Kier molecular flexibility index (Phi) is 3.75. The molecule has 6 heteroatoms. The maximum atomic E-state index is 5.65. The molecule has 2 aromatic rings. The van der Waals surface area contributed by atoms with E-state index in [0.717, 1.165) is 50.0 Å². The standard InChI is InChI=1S/C17H20N4O2/c1-13-22-15-3-2-14(10-16(15)23-13)11-20-6-8-21(9-7-20)17-4-5-18-12-19-17/h2-5,10,12-13H,6-9,11H2,1H3. The Balaban J connectivity index is 1.36. The zero-order valence-corrected chi connectivity index (χ0v) is 13.2. The summed E-state index contributed by atoms with van der Waals surface area (Å²) in [5, 5.41) is 0. The van der Waals surface area contributed by atoms with Crippen molar-refractivity contribution >= 4 is 5.82 Å². The van der Waals surface area contributed by atoms with E-state index < -0.39 is 0 Å². The van der Waals surface area contributed by atoms with Crippen LogP contribution in [0.1, 0.15) is 12.5 Å². The van der Waals surface area contributed by atoms with E-state index in [4.69, 9.17) is 9.47 Å². The SMILES string of the molecule is CC1Oc2ccc(CN3CCN(c4ccncn4)CC3)cc2O1. The lowest BCUT2D eigenvalue weighted by atomic mass is 10.1. The number of ether oxygens (including phenoxy) is 2. The minimum Gasteiger partial charge on any atom is -0.451 e. The monoisotopic (exact) mass is 312 g/mol. The number of fused-ring (bicyclic) bond motifs is 1. The number of anilines is 1. The van der Waals surface area contributed by atoms with Crippen molar-refractivity contribution in [2.24, 2.45) is 0 Å². The van der Waals surface area contributed by atoms with Crippen LogP contribution in [0.3, 0.4) is 0 Å². The van der Waals surface area contributed by atoms with Gasteiger partial charge < -0.3 is 14.4 Å². The fraction of sp³-hybridized carbons (Fsp3) is 0.412. The zero-order chi connectivity index (χ0) is 15.6. The number of hydrogen-bond acceptors (Lipinski definition) is 6. The predicted molar refractivity (Wildman–Crippen MR) is 86.7 cm³/mol. The van der Waals surface area contributed by atoms with Gasteiger partial charge in [-0.3, -0.25) is 4.90 Å². The van der Waals surface area contributed by atoms with Gasteiger partial charge in [-0.1, -0.05) is 6.07 Å². The second kappa shape index (κ2) is 6.04. The van der Waals surface area contributed by atoms with E-state index in [9.17, 15) is 0 Å². The summed E-state index contributed by atoms with van der Waals surface area (Å²) in [6.07, 6.45) is 3.22. The Hall–Kier alpha value is -2.34. The fourth-order valence-electron chi connectivity index (χ4n) is 3.09. The molecule has 2 aliphatic rings.